The van der Waals surface area contributed by atoms with Gasteiger partial charge in [-0.1, -0.05) is 18.2 Å². The summed E-state index contributed by atoms with van der Waals surface area (Å²) in [4.78, 5) is 25.0. The van der Waals surface area contributed by atoms with Crippen LogP contribution < -0.4 is 10.6 Å². The van der Waals surface area contributed by atoms with Crippen molar-refractivity contribution in [1.82, 2.24) is 0 Å². The summed E-state index contributed by atoms with van der Waals surface area (Å²) in [7, 11) is 0. The van der Waals surface area contributed by atoms with Gasteiger partial charge in [0, 0.05) is 11.1 Å². The molecule has 0 aromatic heterocycles. The molecule has 0 spiro atoms. The monoisotopic (exact) mass is 298 g/mol. The van der Waals surface area contributed by atoms with E-state index in [1.54, 1.807) is 48.5 Å². The number of nitrogens with two attached hydrogens (primary N) is 1. The fourth-order valence-electron chi connectivity index (χ4n) is 1.90. The molecular weight excluding hydrogens is 284 g/mol. The Morgan fingerprint density at radius 2 is 1.52 bits per heavy atom. The second kappa shape index (κ2) is 6.28. The number of benzene rings is 2. The third-order valence-electron chi connectivity index (χ3n) is 2.98. The molecule has 1 amide bonds. The smallest absolute Gasteiger partial charge is 0.264 e. The number of amides is 1. The van der Waals surface area contributed by atoms with Crippen molar-refractivity contribution in [2.45, 2.75) is 6.92 Å². The molecule has 0 radical (unpaired) electrons. The zero-order chi connectivity index (χ0) is 15.4. The van der Waals surface area contributed by atoms with E-state index in [2.05, 4.69) is 0 Å². The molecule has 21 heavy (non-hydrogen) atoms. The zero-order valence-electron chi connectivity index (χ0n) is 11.4. The Morgan fingerprint density at radius 1 is 0.952 bits per heavy atom. The van der Waals surface area contributed by atoms with Gasteiger partial charge < -0.3 is 5.73 Å². The number of hydrogen-bond donors (Lipinski definition) is 1. The van der Waals surface area contributed by atoms with Crippen LogP contribution in [0.25, 0.3) is 0 Å². The highest BCUT2D eigenvalue weighted by atomic mass is 32.1. The molecule has 2 aromatic rings. The molecule has 0 aliphatic heterocycles. The van der Waals surface area contributed by atoms with Gasteiger partial charge in [0.2, 0.25) is 0 Å². The van der Waals surface area contributed by atoms with Crippen LogP contribution in [-0.2, 0) is 0 Å². The molecule has 2 N–H and O–H groups in total. The van der Waals surface area contributed by atoms with Crippen LogP contribution in [0.3, 0.4) is 0 Å². The fraction of sp³-hybridized carbons (Fsp3) is 0.0625. The average Bonchev–Trinajstić information content (AvgIpc) is 2.48. The predicted molar refractivity (Wildman–Crippen MR) is 86.5 cm³/mol. The summed E-state index contributed by atoms with van der Waals surface area (Å²) >= 11 is 4.98. The molecule has 0 saturated carbocycles. The zero-order valence-corrected chi connectivity index (χ0v) is 12.3. The molecule has 2 aromatic carbocycles. The first-order valence-electron chi connectivity index (χ1n) is 6.30. The maximum Gasteiger partial charge on any atom is 0.264 e. The number of thiocarbonyl (C=S) groups is 1. The van der Waals surface area contributed by atoms with E-state index in [9.17, 15) is 9.59 Å². The number of hydrogen-bond acceptors (Lipinski definition) is 3. The molecule has 2 rings (SSSR count). The van der Waals surface area contributed by atoms with E-state index in [1.807, 2.05) is 6.07 Å². The number of ketones is 1. The molecule has 0 aliphatic rings. The van der Waals surface area contributed by atoms with Crippen LogP contribution in [0, 0.1) is 0 Å². The highest BCUT2D eigenvalue weighted by Crippen LogP contribution is 2.18. The molecule has 4 nitrogen and oxygen atoms in total. The predicted octanol–water partition coefficient (Wildman–Crippen LogP) is 2.78. The Morgan fingerprint density at radius 3 is 2.00 bits per heavy atom. The highest BCUT2D eigenvalue weighted by molar-refractivity contribution is 7.80. The Bertz CT molecular complexity index is 681. The number of anilines is 1. The molecular formula is C16H14N2O2S. The summed E-state index contributed by atoms with van der Waals surface area (Å²) < 4.78 is 0. The molecule has 0 fully saturated rings. The molecule has 106 valence electrons. The summed E-state index contributed by atoms with van der Waals surface area (Å²) in [6.07, 6.45) is 0. The first kappa shape index (κ1) is 14.9. The quantitative estimate of drug-likeness (QED) is 0.699. The molecule has 0 saturated heterocycles. The fourth-order valence-corrected chi connectivity index (χ4v) is 2.09. The van der Waals surface area contributed by atoms with Crippen molar-refractivity contribution < 1.29 is 9.59 Å². The average molecular weight is 298 g/mol. The number of rotatable bonds is 3. The Balaban J connectivity index is 2.38. The number of nitrogens with zero attached hydrogens (tertiary/aromatic N) is 1. The van der Waals surface area contributed by atoms with Crippen LogP contribution in [0.2, 0.25) is 0 Å². The first-order chi connectivity index (χ1) is 10.0. The van der Waals surface area contributed by atoms with E-state index < -0.39 is 0 Å². The van der Waals surface area contributed by atoms with Crippen molar-refractivity contribution in [3.05, 3.63) is 65.7 Å². The van der Waals surface area contributed by atoms with Crippen LogP contribution >= 0.6 is 12.2 Å². The third kappa shape index (κ3) is 3.32. The van der Waals surface area contributed by atoms with Crippen LogP contribution in [0.1, 0.15) is 27.6 Å². The van der Waals surface area contributed by atoms with E-state index in [0.717, 1.165) is 0 Å². The van der Waals surface area contributed by atoms with Gasteiger partial charge in [0.25, 0.3) is 5.91 Å². The van der Waals surface area contributed by atoms with Crippen LogP contribution in [0.5, 0.6) is 0 Å². The maximum absolute atomic E-state index is 12.5. The summed E-state index contributed by atoms with van der Waals surface area (Å²) in [6, 6.07) is 15.3. The largest absolute Gasteiger partial charge is 0.376 e. The summed E-state index contributed by atoms with van der Waals surface area (Å²) in [6.45, 7) is 1.48. The van der Waals surface area contributed by atoms with E-state index >= 15 is 0 Å². The van der Waals surface area contributed by atoms with E-state index in [4.69, 9.17) is 18.0 Å². The maximum atomic E-state index is 12.5. The summed E-state index contributed by atoms with van der Waals surface area (Å²) in [5.74, 6) is -0.350. The van der Waals surface area contributed by atoms with E-state index in [1.165, 1.54) is 11.8 Å². The van der Waals surface area contributed by atoms with Crippen molar-refractivity contribution in [3.8, 4) is 0 Å². The van der Waals surface area contributed by atoms with E-state index in [-0.39, 0.29) is 16.8 Å². The standard InChI is InChI=1S/C16H14N2O2S/c1-11(19)12-7-9-14(10-8-12)18(16(17)21)15(20)13-5-3-2-4-6-13/h2-10H,1H3,(H2,17,21). The van der Waals surface area contributed by atoms with Crippen molar-refractivity contribution in [2.24, 2.45) is 5.73 Å². The van der Waals surface area contributed by atoms with Crippen molar-refractivity contribution >= 4 is 34.7 Å². The lowest BCUT2D eigenvalue weighted by atomic mass is 10.1. The second-order valence-electron chi connectivity index (χ2n) is 4.45. The molecule has 5 heteroatoms. The van der Waals surface area contributed by atoms with Gasteiger partial charge in [0.15, 0.2) is 10.9 Å². The Labute approximate surface area is 128 Å². The van der Waals surface area contributed by atoms with Crippen molar-refractivity contribution in [1.29, 1.82) is 0 Å². The normalized spacial score (nSPS) is 9.95. The third-order valence-corrected chi connectivity index (χ3v) is 3.16. The van der Waals surface area contributed by atoms with Gasteiger partial charge in [-0.3, -0.25) is 14.5 Å². The SMILES string of the molecule is CC(=O)c1ccc(N(C(=O)c2ccccc2)C(N)=S)cc1. The van der Waals surface area contributed by atoms with Gasteiger partial charge in [0.1, 0.15) is 0 Å². The lowest BCUT2D eigenvalue weighted by Gasteiger charge is -2.21. The first-order valence-corrected chi connectivity index (χ1v) is 6.71. The molecule has 0 heterocycles. The molecule has 0 unspecified atom stereocenters. The van der Waals surface area contributed by atoms with Gasteiger partial charge in [-0.2, -0.15) is 0 Å². The lowest BCUT2D eigenvalue weighted by molar-refractivity contribution is 0.0999. The molecule has 0 bridgehead atoms. The van der Waals surface area contributed by atoms with Gasteiger partial charge in [-0.15, -0.1) is 0 Å². The second-order valence-corrected chi connectivity index (χ2v) is 4.87. The van der Waals surface area contributed by atoms with Gasteiger partial charge in [-0.05, 0) is 55.5 Å². The van der Waals surface area contributed by atoms with Gasteiger partial charge in [0.05, 0.1) is 5.69 Å². The number of Topliss-reactive ketones (excluding diaryl/α,β-unsaturated/α-hetero) is 1. The summed E-state index contributed by atoms with van der Waals surface area (Å²) in [5.41, 5.74) is 7.25. The Kier molecular flexibility index (Phi) is 4.45. The minimum Gasteiger partial charge on any atom is -0.376 e. The lowest BCUT2D eigenvalue weighted by Crippen LogP contribution is -2.40. The minimum absolute atomic E-state index is 0.0422. The van der Waals surface area contributed by atoms with E-state index in [0.29, 0.717) is 16.8 Å². The van der Waals surface area contributed by atoms with Crippen LogP contribution in [0.4, 0.5) is 5.69 Å². The minimum atomic E-state index is -0.307. The number of carbonyl (C=O) groups is 2. The summed E-state index contributed by atoms with van der Waals surface area (Å²) in [5, 5.41) is -0.0422. The molecule has 0 atom stereocenters. The van der Waals surface area contributed by atoms with Gasteiger partial charge >= 0.3 is 0 Å². The van der Waals surface area contributed by atoms with Crippen molar-refractivity contribution in [3.63, 3.8) is 0 Å². The highest BCUT2D eigenvalue weighted by Gasteiger charge is 2.20. The van der Waals surface area contributed by atoms with Crippen LogP contribution in [-0.4, -0.2) is 16.8 Å². The van der Waals surface area contributed by atoms with Gasteiger partial charge in [-0.25, -0.2) is 0 Å². The van der Waals surface area contributed by atoms with Crippen LogP contribution in [0.15, 0.2) is 54.6 Å². The topological polar surface area (TPSA) is 63.4 Å². The Hall–Kier alpha value is -2.53. The molecule has 0 aliphatic carbocycles. The van der Waals surface area contributed by atoms with Crippen molar-refractivity contribution in [2.75, 3.05) is 4.90 Å². The number of carbonyl (C=O) groups excluding carboxylic acids is 2.